The summed E-state index contributed by atoms with van der Waals surface area (Å²) in [4.78, 5) is 33.1. The van der Waals surface area contributed by atoms with Gasteiger partial charge >= 0.3 is 5.97 Å². The maximum Gasteiger partial charge on any atom is 0.326 e. The van der Waals surface area contributed by atoms with Crippen LogP contribution >= 0.6 is 0 Å². The number of hydrogen-bond donors (Lipinski definition) is 4. The Morgan fingerprint density at radius 3 is 2.69 bits per heavy atom. The van der Waals surface area contributed by atoms with Gasteiger partial charge < -0.3 is 20.8 Å². The molecule has 4 N–H and O–H groups in total. The second-order valence-corrected chi connectivity index (χ2v) is 3.62. The Balaban J connectivity index is 2.48. The molecule has 1 saturated heterocycles. The molecule has 1 fully saturated rings. The van der Waals surface area contributed by atoms with Crippen LogP contribution < -0.4 is 10.6 Å². The first-order chi connectivity index (χ1) is 7.54. The molecule has 0 aromatic heterocycles. The Labute approximate surface area is 91.8 Å². The predicted octanol–water partition coefficient (Wildman–Crippen LogP) is -1.93. The molecular formula is C9H14N2O5. The number of aliphatic hydroxyl groups is 1. The van der Waals surface area contributed by atoms with E-state index in [4.69, 9.17) is 10.2 Å². The second-order valence-electron chi connectivity index (χ2n) is 3.62. The average Bonchev–Trinajstić information content (AvgIpc) is 2.64. The Morgan fingerprint density at radius 1 is 1.56 bits per heavy atom. The van der Waals surface area contributed by atoms with Crippen molar-refractivity contribution in [1.29, 1.82) is 0 Å². The molecule has 7 nitrogen and oxygen atoms in total. The summed E-state index contributed by atoms with van der Waals surface area (Å²) in [5.41, 5.74) is 0. The van der Waals surface area contributed by atoms with Crippen LogP contribution in [0.5, 0.6) is 0 Å². The fraction of sp³-hybridized carbons (Fsp3) is 0.667. The molecule has 0 aliphatic carbocycles. The van der Waals surface area contributed by atoms with Crippen molar-refractivity contribution in [3.8, 4) is 0 Å². The standard InChI is InChI=1S/C9H14N2O5/c12-2-1-6(9(15)16)11-8(14)5-3-7(13)10-4-5/h5-6,12H,1-4H2,(H,10,13)(H,11,14)(H,15,16)/t5?,6-/m1/s1. The average molecular weight is 230 g/mol. The van der Waals surface area contributed by atoms with E-state index < -0.39 is 23.8 Å². The van der Waals surface area contributed by atoms with E-state index in [0.29, 0.717) is 0 Å². The van der Waals surface area contributed by atoms with Gasteiger partial charge in [0.05, 0.1) is 5.92 Å². The van der Waals surface area contributed by atoms with Crippen molar-refractivity contribution in [2.75, 3.05) is 13.2 Å². The number of amides is 2. The van der Waals surface area contributed by atoms with Crippen LogP contribution in [0.4, 0.5) is 0 Å². The minimum absolute atomic E-state index is 0.0465. The summed E-state index contributed by atoms with van der Waals surface area (Å²) >= 11 is 0. The summed E-state index contributed by atoms with van der Waals surface area (Å²) in [7, 11) is 0. The summed E-state index contributed by atoms with van der Waals surface area (Å²) in [5.74, 6) is -2.40. The molecule has 0 saturated carbocycles. The van der Waals surface area contributed by atoms with E-state index in [0.717, 1.165) is 0 Å². The molecule has 16 heavy (non-hydrogen) atoms. The third kappa shape index (κ3) is 3.20. The Hall–Kier alpha value is -1.63. The van der Waals surface area contributed by atoms with Crippen molar-refractivity contribution < 1.29 is 24.6 Å². The van der Waals surface area contributed by atoms with E-state index >= 15 is 0 Å². The lowest BCUT2D eigenvalue weighted by molar-refractivity contribution is -0.142. The van der Waals surface area contributed by atoms with Crippen LogP contribution in [0, 0.1) is 5.92 Å². The van der Waals surface area contributed by atoms with Gasteiger partial charge in [0.15, 0.2) is 0 Å². The minimum Gasteiger partial charge on any atom is -0.480 e. The molecule has 90 valence electrons. The number of carboxylic acid groups (broad SMARTS) is 1. The molecule has 2 amide bonds. The van der Waals surface area contributed by atoms with Crippen LogP contribution in [-0.2, 0) is 14.4 Å². The van der Waals surface area contributed by atoms with Gasteiger partial charge in [-0.2, -0.15) is 0 Å². The van der Waals surface area contributed by atoms with Crippen LogP contribution in [0.15, 0.2) is 0 Å². The monoisotopic (exact) mass is 230 g/mol. The highest BCUT2D eigenvalue weighted by Gasteiger charge is 2.30. The maximum atomic E-state index is 11.5. The van der Waals surface area contributed by atoms with Crippen molar-refractivity contribution >= 4 is 17.8 Å². The number of carbonyl (C=O) groups is 3. The SMILES string of the molecule is O=C1CC(C(=O)N[C@H](CCO)C(=O)O)CN1. The summed E-state index contributed by atoms with van der Waals surface area (Å²) in [6.45, 7) is -0.0881. The van der Waals surface area contributed by atoms with Gasteiger partial charge in [0.25, 0.3) is 0 Å². The van der Waals surface area contributed by atoms with Crippen LogP contribution in [0.3, 0.4) is 0 Å². The van der Waals surface area contributed by atoms with Gasteiger partial charge in [-0.3, -0.25) is 9.59 Å². The molecule has 1 aliphatic heterocycles. The number of rotatable bonds is 5. The number of aliphatic hydroxyl groups excluding tert-OH is 1. The van der Waals surface area contributed by atoms with E-state index in [-0.39, 0.29) is 31.9 Å². The van der Waals surface area contributed by atoms with Crippen LogP contribution in [0.2, 0.25) is 0 Å². The highest BCUT2D eigenvalue weighted by molar-refractivity contribution is 5.91. The molecule has 1 heterocycles. The largest absolute Gasteiger partial charge is 0.480 e. The maximum absolute atomic E-state index is 11.5. The van der Waals surface area contributed by atoms with Gasteiger partial charge in [-0.1, -0.05) is 0 Å². The molecule has 0 bridgehead atoms. The van der Waals surface area contributed by atoms with Gasteiger partial charge in [-0.05, 0) is 0 Å². The molecule has 1 rings (SSSR count). The molecule has 0 aromatic carbocycles. The smallest absolute Gasteiger partial charge is 0.326 e. The Bertz CT molecular complexity index is 304. The summed E-state index contributed by atoms with van der Waals surface area (Å²) in [6, 6.07) is -1.10. The fourth-order valence-electron chi connectivity index (χ4n) is 1.47. The van der Waals surface area contributed by atoms with Crippen LogP contribution in [0.25, 0.3) is 0 Å². The number of carboxylic acids is 1. The lowest BCUT2D eigenvalue weighted by Gasteiger charge is -2.15. The van der Waals surface area contributed by atoms with Crippen molar-refractivity contribution in [2.24, 2.45) is 5.92 Å². The van der Waals surface area contributed by atoms with Gasteiger partial charge in [0.1, 0.15) is 6.04 Å². The topological polar surface area (TPSA) is 116 Å². The summed E-state index contributed by atoms with van der Waals surface area (Å²) < 4.78 is 0. The van der Waals surface area contributed by atoms with E-state index in [9.17, 15) is 14.4 Å². The lowest BCUT2D eigenvalue weighted by atomic mass is 10.1. The Morgan fingerprint density at radius 2 is 2.25 bits per heavy atom. The van der Waals surface area contributed by atoms with Crippen molar-refractivity contribution in [3.05, 3.63) is 0 Å². The zero-order valence-corrected chi connectivity index (χ0v) is 8.60. The normalized spacial score (nSPS) is 21.3. The highest BCUT2D eigenvalue weighted by atomic mass is 16.4. The van der Waals surface area contributed by atoms with Crippen molar-refractivity contribution in [3.63, 3.8) is 0 Å². The first kappa shape index (κ1) is 12.4. The van der Waals surface area contributed by atoms with Crippen LogP contribution in [-0.4, -0.2) is 47.2 Å². The minimum atomic E-state index is -1.19. The number of nitrogens with one attached hydrogen (secondary N) is 2. The molecule has 0 aromatic rings. The first-order valence-corrected chi connectivity index (χ1v) is 4.95. The highest BCUT2D eigenvalue weighted by Crippen LogP contribution is 2.09. The fourth-order valence-corrected chi connectivity index (χ4v) is 1.47. The van der Waals surface area contributed by atoms with E-state index in [2.05, 4.69) is 10.6 Å². The van der Waals surface area contributed by atoms with Gasteiger partial charge in [0, 0.05) is 26.0 Å². The molecule has 0 radical (unpaired) electrons. The second kappa shape index (κ2) is 5.45. The third-order valence-electron chi connectivity index (χ3n) is 2.38. The van der Waals surface area contributed by atoms with Gasteiger partial charge in [-0.25, -0.2) is 4.79 Å². The molecule has 0 spiro atoms. The summed E-state index contributed by atoms with van der Waals surface area (Å²) in [5, 5.41) is 22.1. The zero-order valence-electron chi connectivity index (χ0n) is 8.60. The molecular weight excluding hydrogens is 216 g/mol. The number of hydrogen-bond acceptors (Lipinski definition) is 4. The van der Waals surface area contributed by atoms with E-state index in [1.165, 1.54) is 0 Å². The first-order valence-electron chi connectivity index (χ1n) is 4.95. The van der Waals surface area contributed by atoms with Crippen molar-refractivity contribution in [1.82, 2.24) is 10.6 Å². The van der Waals surface area contributed by atoms with Crippen LogP contribution in [0.1, 0.15) is 12.8 Å². The van der Waals surface area contributed by atoms with Crippen molar-refractivity contribution in [2.45, 2.75) is 18.9 Å². The van der Waals surface area contributed by atoms with Gasteiger partial charge in [-0.15, -0.1) is 0 Å². The van der Waals surface area contributed by atoms with E-state index in [1.807, 2.05) is 0 Å². The van der Waals surface area contributed by atoms with Gasteiger partial charge in [0.2, 0.25) is 11.8 Å². The molecule has 2 atom stereocenters. The molecule has 1 aliphatic rings. The third-order valence-corrected chi connectivity index (χ3v) is 2.38. The predicted molar refractivity (Wildman–Crippen MR) is 52.4 cm³/mol. The quantitative estimate of drug-likeness (QED) is 0.439. The van der Waals surface area contributed by atoms with E-state index in [1.54, 1.807) is 0 Å². The zero-order chi connectivity index (χ0) is 12.1. The number of aliphatic carboxylic acids is 1. The Kier molecular flexibility index (Phi) is 4.24. The summed E-state index contributed by atoms with van der Waals surface area (Å²) in [6.07, 6.45) is 0.0342. The lowest BCUT2D eigenvalue weighted by Crippen LogP contribution is -2.44. The molecule has 1 unspecified atom stereocenters. The number of carbonyl (C=O) groups excluding carboxylic acids is 2. The molecule has 7 heteroatoms.